The first-order valence-electron chi connectivity index (χ1n) is 4.44. The molecule has 0 saturated carbocycles. The molecule has 2 N–H and O–H groups in total. The van der Waals surface area contributed by atoms with E-state index < -0.39 is 0 Å². The van der Waals surface area contributed by atoms with E-state index in [1.165, 1.54) is 0 Å². The van der Waals surface area contributed by atoms with Crippen LogP contribution < -0.4 is 5.73 Å². The van der Waals surface area contributed by atoms with Gasteiger partial charge in [0, 0.05) is 16.0 Å². The van der Waals surface area contributed by atoms with Crippen molar-refractivity contribution in [1.82, 2.24) is 9.97 Å². The maximum atomic E-state index is 6.09. The fraction of sp³-hybridized carbons (Fsp3) is 0.200. The van der Waals surface area contributed by atoms with E-state index in [1.807, 2.05) is 17.7 Å². The van der Waals surface area contributed by atoms with Gasteiger partial charge in [0.05, 0.1) is 23.6 Å². The first kappa shape index (κ1) is 10.7. The van der Waals surface area contributed by atoms with Crippen LogP contribution in [-0.2, 0) is 0 Å². The van der Waals surface area contributed by atoms with Crippen molar-refractivity contribution in [2.24, 2.45) is 5.73 Å². The summed E-state index contributed by atoms with van der Waals surface area (Å²) >= 11 is 5.08. The molecule has 0 aliphatic heterocycles. The molecule has 2 rings (SSSR count). The zero-order valence-electron chi connectivity index (χ0n) is 8.14. The molecule has 1 unspecified atom stereocenters. The molecule has 0 aliphatic carbocycles. The van der Waals surface area contributed by atoms with Crippen molar-refractivity contribution >= 4 is 27.3 Å². The Morgan fingerprint density at radius 2 is 2.13 bits per heavy atom. The molecule has 2 aromatic heterocycles. The number of nitrogens with two attached hydrogens (primary N) is 1. The van der Waals surface area contributed by atoms with Gasteiger partial charge in [-0.2, -0.15) is 11.3 Å². The van der Waals surface area contributed by atoms with Gasteiger partial charge in [-0.3, -0.25) is 9.97 Å². The van der Waals surface area contributed by atoms with E-state index in [1.54, 1.807) is 23.7 Å². The van der Waals surface area contributed by atoms with Gasteiger partial charge in [0.15, 0.2) is 0 Å². The zero-order valence-corrected chi connectivity index (χ0v) is 10.5. The van der Waals surface area contributed by atoms with Crippen LogP contribution >= 0.6 is 27.3 Å². The predicted octanol–water partition coefficient (Wildman–Crippen LogP) is 2.66. The summed E-state index contributed by atoms with van der Waals surface area (Å²) in [7, 11) is 0. The summed E-state index contributed by atoms with van der Waals surface area (Å²) in [6.45, 7) is 1.91. The van der Waals surface area contributed by atoms with Gasteiger partial charge >= 0.3 is 0 Å². The molecular weight excluding hydrogens is 274 g/mol. The lowest BCUT2D eigenvalue weighted by atomic mass is 10.1. The molecular formula is C10H10BrN3S. The van der Waals surface area contributed by atoms with Crippen molar-refractivity contribution in [1.29, 1.82) is 0 Å². The largest absolute Gasteiger partial charge is 0.319 e. The summed E-state index contributed by atoms with van der Waals surface area (Å²) in [5.74, 6) is 0. The maximum absolute atomic E-state index is 6.09. The van der Waals surface area contributed by atoms with Crippen molar-refractivity contribution in [3.8, 4) is 0 Å². The van der Waals surface area contributed by atoms with Crippen molar-refractivity contribution in [3.05, 3.63) is 44.6 Å². The van der Waals surface area contributed by atoms with E-state index >= 15 is 0 Å². The van der Waals surface area contributed by atoms with Crippen LogP contribution in [0.2, 0.25) is 0 Å². The Balaban J connectivity index is 2.32. The summed E-state index contributed by atoms with van der Waals surface area (Å²) in [5.41, 5.74) is 8.83. The van der Waals surface area contributed by atoms with Gasteiger partial charge in [0.1, 0.15) is 0 Å². The highest BCUT2D eigenvalue weighted by atomic mass is 79.9. The standard InChI is InChI=1S/C10H10BrN3S/c1-6-2-14-9(3-13-6)10(12)7-4-15-5-8(7)11/h2-5,10H,12H2,1H3. The number of thiophene rings is 1. The van der Waals surface area contributed by atoms with Gasteiger partial charge in [0.25, 0.3) is 0 Å². The second kappa shape index (κ2) is 4.38. The number of halogens is 1. The molecule has 2 aromatic rings. The Hall–Kier alpha value is -0.780. The first-order valence-corrected chi connectivity index (χ1v) is 6.18. The number of aryl methyl sites for hydroxylation is 1. The summed E-state index contributed by atoms with van der Waals surface area (Å²) in [5, 5.41) is 4.03. The maximum Gasteiger partial charge on any atom is 0.0800 e. The molecule has 5 heteroatoms. The highest BCUT2D eigenvalue weighted by Gasteiger charge is 2.14. The summed E-state index contributed by atoms with van der Waals surface area (Å²) in [6, 6.07) is -0.210. The first-order chi connectivity index (χ1) is 7.18. The Labute approximate surface area is 101 Å². The van der Waals surface area contributed by atoms with E-state index in [0.717, 1.165) is 21.4 Å². The predicted molar refractivity (Wildman–Crippen MR) is 64.8 cm³/mol. The van der Waals surface area contributed by atoms with Crippen LogP contribution in [0.5, 0.6) is 0 Å². The lowest BCUT2D eigenvalue weighted by molar-refractivity contribution is 0.813. The fourth-order valence-electron chi connectivity index (χ4n) is 1.24. The summed E-state index contributed by atoms with van der Waals surface area (Å²) in [6.07, 6.45) is 3.46. The van der Waals surface area contributed by atoms with Crippen LogP contribution in [0.15, 0.2) is 27.6 Å². The van der Waals surface area contributed by atoms with Crippen LogP contribution in [0.4, 0.5) is 0 Å². The number of rotatable bonds is 2. The second-order valence-corrected chi connectivity index (χ2v) is 4.83. The van der Waals surface area contributed by atoms with E-state index in [9.17, 15) is 0 Å². The monoisotopic (exact) mass is 283 g/mol. The smallest absolute Gasteiger partial charge is 0.0800 e. The Bertz CT molecular complexity index is 452. The molecule has 3 nitrogen and oxygen atoms in total. The molecule has 0 spiro atoms. The lowest BCUT2D eigenvalue weighted by Crippen LogP contribution is -2.13. The lowest BCUT2D eigenvalue weighted by Gasteiger charge is -2.09. The van der Waals surface area contributed by atoms with Crippen LogP contribution in [-0.4, -0.2) is 9.97 Å². The minimum absolute atomic E-state index is 0.210. The molecule has 0 fully saturated rings. The topological polar surface area (TPSA) is 51.8 Å². The normalized spacial score (nSPS) is 12.7. The molecule has 0 radical (unpaired) electrons. The zero-order chi connectivity index (χ0) is 10.8. The number of aromatic nitrogens is 2. The number of nitrogens with zero attached hydrogens (tertiary/aromatic N) is 2. The molecule has 0 bridgehead atoms. The van der Waals surface area contributed by atoms with Gasteiger partial charge in [0.2, 0.25) is 0 Å². The average Bonchev–Trinajstić information content (AvgIpc) is 2.65. The fourth-order valence-corrected chi connectivity index (χ4v) is 2.82. The van der Waals surface area contributed by atoms with Gasteiger partial charge in [-0.1, -0.05) is 0 Å². The average molecular weight is 284 g/mol. The van der Waals surface area contributed by atoms with E-state index in [2.05, 4.69) is 25.9 Å². The Kier molecular flexibility index (Phi) is 3.14. The van der Waals surface area contributed by atoms with Crippen LogP contribution in [0.3, 0.4) is 0 Å². The van der Waals surface area contributed by atoms with Gasteiger partial charge in [-0.25, -0.2) is 0 Å². The Morgan fingerprint density at radius 3 is 2.67 bits per heavy atom. The van der Waals surface area contributed by atoms with Crippen molar-refractivity contribution in [2.45, 2.75) is 13.0 Å². The summed E-state index contributed by atoms with van der Waals surface area (Å²) in [4.78, 5) is 8.46. The van der Waals surface area contributed by atoms with Gasteiger partial charge in [-0.05, 0) is 33.8 Å². The molecule has 78 valence electrons. The SMILES string of the molecule is Cc1cnc(C(N)c2cscc2Br)cn1. The molecule has 0 saturated heterocycles. The van der Waals surface area contributed by atoms with Crippen LogP contribution in [0.25, 0.3) is 0 Å². The third-order valence-corrected chi connectivity index (χ3v) is 3.85. The van der Waals surface area contributed by atoms with E-state index in [0.29, 0.717) is 0 Å². The molecule has 2 heterocycles. The third kappa shape index (κ3) is 2.25. The minimum atomic E-state index is -0.210. The van der Waals surface area contributed by atoms with E-state index in [4.69, 9.17) is 5.73 Å². The quantitative estimate of drug-likeness (QED) is 0.922. The van der Waals surface area contributed by atoms with Crippen LogP contribution in [0.1, 0.15) is 23.0 Å². The highest BCUT2D eigenvalue weighted by Crippen LogP contribution is 2.28. The van der Waals surface area contributed by atoms with Crippen LogP contribution in [0, 0.1) is 6.92 Å². The van der Waals surface area contributed by atoms with Crippen molar-refractivity contribution < 1.29 is 0 Å². The highest BCUT2D eigenvalue weighted by molar-refractivity contribution is 9.10. The molecule has 0 amide bonds. The van der Waals surface area contributed by atoms with E-state index in [-0.39, 0.29) is 6.04 Å². The molecule has 0 aliphatic rings. The number of hydrogen-bond acceptors (Lipinski definition) is 4. The second-order valence-electron chi connectivity index (χ2n) is 3.24. The van der Waals surface area contributed by atoms with Gasteiger partial charge in [-0.15, -0.1) is 0 Å². The Morgan fingerprint density at radius 1 is 1.33 bits per heavy atom. The summed E-state index contributed by atoms with van der Waals surface area (Å²) < 4.78 is 1.03. The molecule has 1 atom stereocenters. The third-order valence-electron chi connectivity index (χ3n) is 2.10. The molecule has 15 heavy (non-hydrogen) atoms. The van der Waals surface area contributed by atoms with Crippen molar-refractivity contribution in [2.75, 3.05) is 0 Å². The number of hydrogen-bond donors (Lipinski definition) is 1. The van der Waals surface area contributed by atoms with Crippen molar-refractivity contribution in [3.63, 3.8) is 0 Å². The molecule has 0 aromatic carbocycles. The minimum Gasteiger partial charge on any atom is -0.319 e. The van der Waals surface area contributed by atoms with Gasteiger partial charge < -0.3 is 5.73 Å².